The second-order valence-corrected chi connectivity index (χ2v) is 4.07. The Morgan fingerprint density at radius 2 is 2.19 bits per heavy atom. The van der Waals surface area contributed by atoms with E-state index in [2.05, 4.69) is 5.32 Å². The summed E-state index contributed by atoms with van der Waals surface area (Å²) >= 11 is 0. The first-order valence-corrected chi connectivity index (χ1v) is 5.45. The molecule has 2 rings (SSSR count). The van der Waals surface area contributed by atoms with Crippen LogP contribution in [-0.2, 0) is 0 Å². The highest BCUT2D eigenvalue weighted by Crippen LogP contribution is 2.35. The second-order valence-electron chi connectivity index (χ2n) is 4.07. The average molecular weight is 224 g/mol. The molecule has 1 heterocycles. The van der Waals surface area contributed by atoms with Crippen LogP contribution < -0.4 is 5.32 Å². The van der Waals surface area contributed by atoms with E-state index in [-0.39, 0.29) is 19.1 Å². The van der Waals surface area contributed by atoms with Crippen molar-refractivity contribution in [1.29, 1.82) is 0 Å². The molecule has 1 fully saturated rings. The maximum atomic E-state index is 11.8. The van der Waals surface area contributed by atoms with Gasteiger partial charge in [0.1, 0.15) is 5.69 Å². The number of rotatable bonds is 5. The van der Waals surface area contributed by atoms with Gasteiger partial charge in [-0.05, 0) is 25.0 Å². The number of aliphatic hydroxyl groups excluding tert-OH is 2. The first-order valence-electron chi connectivity index (χ1n) is 5.45. The van der Waals surface area contributed by atoms with Crippen molar-refractivity contribution < 1.29 is 15.0 Å². The van der Waals surface area contributed by atoms with Gasteiger partial charge in [0, 0.05) is 12.2 Å². The number of aromatic nitrogens is 1. The van der Waals surface area contributed by atoms with Crippen LogP contribution in [0.25, 0.3) is 0 Å². The van der Waals surface area contributed by atoms with Gasteiger partial charge in [0.2, 0.25) is 0 Å². The SMILES string of the molecule is O=C(NC(CO)CO)c1cccn1C1CC1. The smallest absolute Gasteiger partial charge is 0.268 e. The quantitative estimate of drug-likeness (QED) is 0.654. The van der Waals surface area contributed by atoms with E-state index in [1.54, 1.807) is 6.07 Å². The van der Waals surface area contributed by atoms with Crippen molar-refractivity contribution in [2.45, 2.75) is 24.9 Å². The lowest BCUT2D eigenvalue weighted by molar-refractivity contribution is 0.0870. The predicted molar refractivity (Wildman–Crippen MR) is 58.1 cm³/mol. The van der Waals surface area contributed by atoms with Gasteiger partial charge in [-0.25, -0.2) is 0 Å². The normalized spacial score (nSPS) is 15.4. The standard InChI is InChI=1S/C11H16N2O3/c14-6-8(7-15)12-11(16)10-2-1-5-13(10)9-3-4-9/h1-2,5,8-9,14-15H,3-4,6-7H2,(H,12,16). The molecule has 0 radical (unpaired) electrons. The molecule has 88 valence electrons. The van der Waals surface area contributed by atoms with E-state index < -0.39 is 6.04 Å². The lowest BCUT2D eigenvalue weighted by atomic mass is 10.3. The van der Waals surface area contributed by atoms with Crippen LogP contribution in [-0.4, -0.2) is 39.9 Å². The summed E-state index contributed by atoms with van der Waals surface area (Å²) in [7, 11) is 0. The van der Waals surface area contributed by atoms with E-state index in [1.807, 2.05) is 16.8 Å². The van der Waals surface area contributed by atoms with Crippen LogP contribution in [0.5, 0.6) is 0 Å². The van der Waals surface area contributed by atoms with Crippen molar-refractivity contribution in [1.82, 2.24) is 9.88 Å². The van der Waals surface area contributed by atoms with Gasteiger partial charge in [0.15, 0.2) is 0 Å². The molecule has 1 aliphatic rings. The van der Waals surface area contributed by atoms with Gasteiger partial charge in [-0.2, -0.15) is 0 Å². The largest absolute Gasteiger partial charge is 0.394 e. The Kier molecular flexibility index (Phi) is 3.26. The molecule has 1 amide bonds. The Bertz CT molecular complexity index is 367. The molecule has 1 aromatic heterocycles. The van der Waals surface area contributed by atoms with E-state index in [0.717, 1.165) is 12.8 Å². The van der Waals surface area contributed by atoms with E-state index in [9.17, 15) is 4.79 Å². The number of nitrogens with one attached hydrogen (secondary N) is 1. The van der Waals surface area contributed by atoms with Gasteiger partial charge in [-0.1, -0.05) is 0 Å². The summed E-state index contributed by atoms with van der Waals surface area (Å²) in [5.74, 6) is -0.245. The molecule has 0 saturated heterocycles. The summed E-state index contributed by atoms with van der Waals surface area (Å²) in [5, 5.41) is 20.3. The lowest BCUT2D eigenvalue weighted by Crippen LogP contribution is -2.40. The fourth-order valence-corrected chi connectivity index (χ4v) is 1.67. The van der Waals surface area contributed by atoms with Crippen LogP contribution in [0.1, 0.15) is 29.4 Å². The number of hydrogen-bond acceptors (Lipinski definition) is 3. The number of carbonyl (C=O) groups excluding carboxylic acids is 1. The predicted octanol–water partition coefficient (Wildman–Crippen LogP) is -0.0940. The zero-order valence-corrected chi connectivity index (χ0v) is 8.97. The van der Waals surface area contributed by atoms with Gasteiger partial charge in [-0.3, -0.25) is 4.79 Å². The molecule has 0 aromatic carbocycles. The zero-order valence-electron chi connectivity index (χ0n) is 8.97. The van der Waals surface area contributed by atoms with Crippen molar-refractivity contribution in [3.8, 4) is 0 Å². The van der Waals surface area contributed by atoms with Gasteiger partial charge >= 0.3 is 0 Å². The zero-order chi connectivity index (χ0) is 11.5. The molecule has 1 aliphatic carbocycles. The Morgan fingerprint density at radius 3 is 2.75 bits per heavy atom. The number of aliphatic hydroxyl groups is 2. The number of carbonyl (C=O) groups is 1. The van der Waals surface area contributed by atoms with E-state index in [4.69, 9.17) is 10.2 Å². The summed E-state index contributed by atoms with van der Waals surface area (Å²) in [6.45, 7) is -0.515. The number of hydrogen-bond donors (Lipinski definition) is 3. The topological polar surface area (TPSA) is 74.5 Å². The van der Waals surface area contributed by atoms with Crippen LogP contribution in [0.15, 0.2) is 18.3 Å². The van der Waals surface area contributed by atoms with Crippen molar-refractivity contribution in [3.05, 3.63) is 24.0 Å². The fourth-order valence-electron chi connectivity index (χ4n) is 1.67. The highest BCUT2D eigenvalue weighted by atomic mass is 16.3. The molecule has 1 saturated carbocycles. The monoisotopic (exact) mass is 224 g/mol. The van der Waals surface area contributed by atoms with Crippen LogP contribution in [0.3, 0.4) is 0 Å². The minimum Gasteiger partial charge on any atom is -0.394 e. The van der Waals surface area contributed by atoms with E-state index >= 15 is 0 Å². The summed E-state index contributed by atoms with van der Waals surface area (Å²) in [6, 6.07) is 3.44. The van der Waals surface area contributed by atoms with Crippen molar-refractivity contribution in [2.24, 2.45) is 0 Å². The molecule has 0 bridgehead atoms. The summed E-state index contributed by atoms with van der Waals surface area (Å²) < 4.78 is 1.95. The molecule has 0 atom stereocenters. The molecule has 5 heteroatoms. The van der Waals surface area contributed by atoms with E-state index in [0.29, 0.717) is 11.7 Å². The lowest BCUT2D eigenvalue weighted by Gasteiger charge is -2.14. The molecular formula is C11H16N2O3. The molecule has 3 N–H and O–H groups in total. The summed E-state index contributed by atoms with van der Waals surface area (Å²) in [6.07, 6.45) is 4.11. The Hall–Kier alpha value is -1.33. The van der Waals surface area contributed by atoms with Crippen molar-refractivity contribution in [2.75, 3.05) is 13.2 Å². The maximum absolute atomic E-state index is 11.8. The minimum absolute atomic E-state index is 0.245. The van der Waals surface area contributed by atoms with Gasteiger partial charge in [0.25, 0.3) is 5.91 Å². The van der Waals surface area contributed by atoms with Crippen LogP contribution in [0.4, 0.5) is 0 Å². The second kappa shape index (κ2) is 4.67. The fraction of sp³-hybridized carbons (Fsp3) is 0.545. The molecule has 0 unspecified atom stereocenters. The number of amides is 1. The van der Waals surface area contributed by atoms with Gasteiger partial charge in [0.05, 0.1) is 19.3 Å². The third-order valence-electron chi connectivity index (χ3n) is 2.73. The first-order chi connectivity index (χ1) is 7.76. The maximum Gasteiger partial charge on any atom is 0.268 e. The summed E-state index contributed by atoms with van der Waals surface area (Å²) in [5.41, 5.74) is 0.592. The Morgan fingerprint density at radius 1 is 1.50 bits per heavy atom. The summed E-state index contributed by atoms with van der Waals surface area (Å²) in [4.78, 5) is 11.8. The van der Waals surface area contributed by atoms with Crippen LogP contribution in [0, 0.1) is 0 Å². The van der Waals surface area contributed by atoms with Gasteiger partial charge in [-0.15, -0.1) is 0 Å². The highest BCUT2D eigenvalue weighted by Gasteiger charge is 2.27. The van der Waals surface area contributed by atoms with Crippen LogP contribution in [0.2, 0.25) is 0 Å². The van der Waals surface area contributed by atoms with Crippen LogP contribution >= 0.6 is 0 Å². The molecular weight excluding hydrogens is 208 g/mol. The molecule has 0 aliphatic heterocycles. The molecule has 1 aromatic rings. The molecule has 16 heavy (non-hydrogen) atoms. The third-order valence-corrected chi connectivity index (χ3v) is 2.73. The Labute approximate surface area is 93.7 Å². The third kappa shape index (κ3) is 2.25. The van der Waals surface area contributed by atoms with Gasteiger partial charge < -0.3 is 20.1 Å². The average Bonchev–Trinajstić information content (AvgIpc) is 3.03. The highest BCUT2D eigenvalue weighted by molar-refractivity contribution is 5.93. The van der Waals surface area contributed by atoms with Crippen molar-refractivity contribution in [3.63, 3.8) is 0 Å². The van der Waals surface area contributed by atoms with Crippen molar-refractivity contribution >= 4 is 5.91 Å². The molecule has 0 spiro atoms. The molecule has 5 nitrogen and oxygen atoms in total. The minimum atomic E-state index is -0.588. The number of nitrogens with zero attached hydrogens (tertiary/aromatic N) is 1. The Balaban J connectivity index is 2.05. The first kappa shape index (κ1) is 11.2. The van der Waals surface area contributed by atoms with E-state index in [1.165, 1.54) is 0 Å².